The number of benzene rings is 2. The highest BCUT2D eigenvalue weighted by Crippen LogP contribution is 2.32. The average molecular weight is 470 g/mol. The number of carbonyl (C=O) groups is 1. The Morgan fingerprint density at radius 2 is 1.91 bits per heavy atom. The number of anilines is 2. The molecule has 0 radical (unpaired) electrons. The van der Waals surface area contributed by atoms with Crippen molar-refractivity contribution in [3.05, 3.63) is 59.8 Å². The van der Waals surface area contributed by atoms with Crippen LogP contribution in [0.4, 0.5) is 16.2 Å². The van der Waals surface area contributed by atoms with E-state index < -0.39 is 0 Å². The molecular weight excluding hydrogens is 442 g/mol. The second-order valence-corrected chi connectivity index (χ2v) is 8.28. The summed E-state index contributed by atoms with van der Waals surface area (Å²) in [6.45, 7) is 3.81. The van der Waals surface area contributed by atoms with Gasteiger partial charge in [-0.05, 0) is 61.4 Å². The topological polar surface area (TPSA) is 80.7 Å². The lowest BCUT2D eigenvalue weighted by Crippen LogP contribution is -2.30. The van der Waals surface area contributed by atoms with E-state index in [2.05, 4.69) is 20.6 Å². The number of amides is 2. The van der Waals surface area contributed by atoms with Crippen molar-refractivity contribution in [1.82, 2.24) is 14.7 Å². The first-order valence-electron chi connectivity index (χ1n) is 11.0. The second-order valence-electron chi connectivity index (χ2n) is 7.85. The number of rotatable bonds is 7. The molecule has 9 heteroatoms. The van der Waals surface area contributed by atoms with Gasteiger partial charge in [-0.1, -0.05) is 11.6 Å². The van der Waals surface area contributed by atoms with Crippen LogP contribution in [-0.4, -0.2) is 53.7 Å². The summed E-state index contributed by atoms with van der Waals surface area (Å²) in [6.07, 6.45) is 3.97. The standard InChI is InChI=1S/C24H28ClN5O3/c1-29-22(10-11-26-29)21-16-20(28-24(31)27-19-6-4-18(25)5-7-19)8-9-23(21)33-15-13-30-12-2-3-14-32-17-30/h4-11,16H,2-3,12-15,17H2,1H3,(H2,27,28,31). The van der Waals surface area contributed by atoms with Crippen LogP contribution in [0.5, 0.6) is 5.75 Å². The number of carbonyl (C=O) groups excluding carboxylic acids is 1. The summed E-state index contributed by atoms with van der Waals surface area (Å²) >= 11 is 5.90. The van der Waals surface area contributed by atoms with E-state index in [1.807, 2.05) is 31.3 Å². The molecular formula is C24H28ClN5O3. The number of hydrogen-bond donors (Lipinski definition) is 2. The molecule has 3 aromatic rings. The molecule has 1 aliphatic rings. The van der Waals surface area contributed by atoms with E-state index in [-0.39, 0.29) is 6.03 Å². The number of aryl methyl sites for hydroxylation is 1. The van der Waals surface area contributed by atoms with Crippen molar-refractivity contribution in [3.63, 3.8) is 0 Å². The van der Waals surface area contributed by atoms with E-state index in [0.717, 1.165) is 49.5 Å². The van der Waals surface area contributed by atoms with E-state index in [9.17, 15) is 4.79 Å². The molecule has 174 valence electrons. The van der Waals surface area contributed by atoms with Crippen molar-refractivity contribution in [2.24, 2.45) is 7.05 Å². The minimum absolute atomic E-state index is 0.344. The second kappa shape index (κ2) is 11.2. The zero-order valence-corrected chi connectivity index (χ0v) is 19.3. The summed E-state index contributed by atoms with van der Waals surface area (Å²) in [5, 5.41) is 10.6. The van der Waals surface area contributed by atoms with E-state index in [4.69, 9.17) is 21.1 Å². The Kier molecular flexibility index (Phi) is 7.83. The van der Waals surface area contributed by atoms with Crippen LogP contribution in [0.2, 0.25) is 5.02 Å². The Hall–Kier alpha value is -3.07. The van der Waals surface area contributed by atoms with Crippen LogP contribution in [0.1, 0.15) is 12.8 Å². The number of nitrogens with zero attached hydrogens (tertiary/aromatic N) is 3. The first kappa shape index (κ1) is 23.1. The molecule has 1 aromatic heterocycles. The maximum absolute atomic E-state index is 12.5. The summed E-state index contributed by atoms with van der Waals surface area (Å²) in [4.78, 5) is 14.7. The number of hydrogen-bond acceptors (Lipinski definition) is 5. The molecule has 1 aliphatic heterocycles. The van der Waals surface area contributed by atoms with Crippen LogP contribution in [0.15, 0.2) is 54.7 Å². The average Bonchev–Trinajstić information content (AvgIpc) is 3.06. The highest BCUT2D eigenvalue weighted by atomic mass is 35.5. The molecule has 2 heterocycles. The molecule has 33 heavy (non-hydrogen) atoms. The molecule has 0 atom stereocenters. The Labute approximate surface area is 198 Å². The summed E-state index contributed by atoms with van der Waals surface area (Å²) in [7, 11) is 1.88. The smallest absolute Gasteiger partial charge is 0.323 e. The third-order valence-corrected chi connectivity index (χ3v) is 5.64. The SMILES string of the molecule is Cn1nccc1-c1cc(NC(=O)Nc2ccc(Cl)cc2)ccc1OCCN1CCCCOC1. The van der Waals surface area contributed by atoms with Gasteiger partial charge < -0.3 is 20.1 Å². The zero-order chi connectivity index (χ0) is 23.0. The summed E-state index contributed by atoms with van der Waals surface area (Å²) in [5.74, 6) is 0.734. The van der Waals surface area contributed by atoms with Crippen molar-refractivity contribution in [3.8, 4) is 17.0 Å². The number of nitrogens with one attached hydrogen (secondary N) is 2. The largest absolute Gasteiger partial charge is 0.492 e. The molecule has 1 fully saturated rings. The Morgan fingerprint density at radius 3 is 2.70 bits per heavy atom. The fourth-order valence-electron chi connectivity index (χ4n) is 3.66. The van der Waals surface area contributed by atoms with Crippen LogP contribution < -0.4 is 15.4 Å². The minimum atomic E-state index is -0.344. The maximum Gasteiger partial charge on any atom is 0.323 e. The Morgan fingerprint density at radius 1 is 1.12 bits per heavy atom. The maximum atomic E-state index is 12.5. The van der Waals surface area contributed by atoms with Crippen LogP contribution in [0.3, 0.4) is 0 Å². The van der Waals surface area contributed by atoms with Crippen molar-refractivity contribution < 1.29 is 14.3 Å². The quantitative estimate of drug-likeness (QED) is 0.518. The molecule has 2 amide bonds. The lowest BCUT2D eigenvalue weighted by atomic mass is 10.1. The Bertz CT molecular complexity index is 1060. The molecule has 1 saturated heterocycles. The number of aromatic nitrogens is 2. The fraction of sp³-hybridized carbons (Fsp3) is 0.333. The van der Waals surface area contributed by atoms with Gasteiger partial charge in [0.25, 0.3) is 0 Å². The van der Waals surface area contributed by atoms with Gasteiger partial charge in [0.2, 0.25) is 0 Å². The molecule has 2 aromatic carbocycles. The molecule has 0 bridgehead atoms. The molecule has 0 spiro atoms. The first-order chi connectivity index (χ1) is 16.1. The van der Waals surface area contributed by atoms with Gasteiger partial charge >= 0.3 is 6.03 Å². The number of halogens is 1. The number of ether oxygens (including phenoxy) is 2. The molecule has 0 saturated carbocycles. The summed E-state index contributed by atoms with van der Waals surface area (Å²) < 4.78 is 13.5. The van der Waals surface area contributed by atoms with E-state index in [0.29, 0.717) is 29.7 Å². The Balaban J connectivity index is 1.45. The summed E-state index contributed by atoms with van der Waals surface area (Å²) in [6, 6.07) is 14.1. The van der Waals surface area contributed by atoms with Crippen molar-refractivity contribution in [2.45, 2.75) is 12.8 Å². The number of urea groups is 1. The van der Waals surface area contributed by atoms with Crippen LogP contribution in [0.25, 0.3) is 11.3 Å². The van der Waals surface area contributed by atoms with E-state index in [1.165, 1.54) is 0 Å². The van der Waals surface area contributed by atoms with Crippen LogP contribution in [0, 0.1) is 0 Å². The van der Waals surface area contributed by atoms with Crippen molar-refractivity contribution >= 4 is 29.0 Å². The zero-order valence-electron chi connectivity index (χ0n) is 18.6. The molecule has 0 unspecified atom stereocenters. The van der Waals surface area contributed by atoms with Gasteiger partial charge in [-0.25, -0.2) is 4.79 Å². The molecule has 2 N–H and O–H groups in total. The monoisotopic (exact) mass is 469 g/mol. The molecule has 8 nitrogen and oxygen atoms in total. The molecule has 0 aliphatic carbocycles. The van der Waals surface area contributed by atoms with Gasteiger partial charge in [0.05, 0.1) is 12.4 Å². The summed E-state index contributed by atoms with van der Waals surface area (Å²) in [5.41, 5.74) is 3.04. The van der Waals surface area contributed by atoms with E-state index in [1.54, 1.807) is 35.1 Å². The van der Waals surface area contributed by atoms with Gasteiger partial charge in [-0.15, -0.1) is 0 Å². The van der Waals surface area contributed by atoms with Crippen molar-refractivity contribution in [2.75, 3.05) is 43.7 Å². The fourth-order valence-corrected chi connectivity index (χ4v) is 3.78. The molecule has 4 rings (SSSR count). The third-order valence-electron chi connectivity index (χ3n) is 5.39. The van der Waals surface area contributed by atoms with Gasteiger partial charge in [0.15, 0.2) is 0 Å². The van der Waals surface area contributed by atoms with Gasteiger partial charge in [0.1, 0.15) is 12.4 Å². The first-order valence-corrected chi connectivity index (χ1v) is 11.4. The lowest BCUT2D eigenvalue weighted by Gasteiger charge is -2.20. The predicted molar refractivity (Wildman–Crippen MR) is 130 cm³/mol. The van der Waals surface area contributed by atoms with Crippen LogP contribution >= 0.6 is 11.6 Å². The highest BCUT2D eigenvalue weighted by molar-refractivity contribution is 6.30. The van der Waals surface area contributed by atoms with E-state index >= 15 is 0 Å². The van der Waals surface area contributed by atoms with Gasteiger partial charge in [0, 0.05) is 54.9 Å². The van der Waals surface area contributed by atoms with Crippen LogP contribution in [-0.2, 0) is 11.8 Å². The lowest BCUT2D eigenvalue weighted by molar-refractivity contribution is 0.0428. The normalized spacial score (nSPS) is 14.5. The highest BCUT2D eigenvalue weighted by Gasteiger charge is 2.14. The van der Waals surface area contributed by atoms with Crippen molar-refractivity contribution in [1.29, 1.82) is 0 Å². The minimum Gasteiger partial charge on any atom is -0.492 e. The van der Waals surface area contributed by atoms with Gasteiger partial charge in [-0.3, -0.25) is 9.58 Å². The third kappa shape index (κ3) is 6.47. The van der Waals surface area contributed by atoms with Gasteiger partial charge in [-0.2, -0.15) is 5.10 Å². The predicted octanol–water partition coefficient (Wildman–Crippen LogP) is 4.83.